The van der Waals surface area contributed by atoms with Crippen molar-refractivity contribution in [3.05, 3.63) is 59.7 Å². The number of ether oxygens (including phenoxy) is 1. The molecule has 2 aromatic carbocycles. The van der Waals surface area contributed by atoms with Crippen molar-refractivity contribution in [1.29, 1.82) is 0 Å². The van der Waals surface area contributed by atoms with Crippen molar-refractivity contribution in [3.8, 4) is 5.75 Å². The van der Waals surface area contributed by atoms with Gasteiger partial charge in [-0.25, -0.2) is 4.79 Å². The van der Waals surface area contributed by atoms with Gasteiger partial charge in [0.1, 0.15) is 5.75 Å². The monoisotopic (exact) mass is 311 g/mol. The highest BCUT2D eigenvalue weighted by molar-refractivity contribution is 5.89. The number of nitrogens with one attached hydrogen (secondary N) is 2. The molecule has 0 saturated heterocycles. The maximum Gasteiger partial charge on any atom is 0.319 e. The summed E-state index contributed by atoms with van der Waals surface area (Å²) >= 11 is 0. The number of amides is 2. The molecule has 0 atom stereocenters. The number of fused-ring (bicyclic) bond motifs is 1. The Labute approximate surface area is 136 Å². The van der Waals surface area contributed by atoms with Crippen molar-refractivity contribution in [3.63, 3.8) is 0 Å². The molecule has 2 amide bonds. The van der Waals surface area contributed by atoms with Crippen LogP contribution in [0.15, 0.2) is 48.5 Å². The Kier molecular flexibility index (Phi) is 4.78. The first-order chi connectivity index (χ1) is 11.2. The van der Waals surface area contributed by atoms with Gasteiger partial charge in [0.05, 0.1) is 7.11 Å². The Bertz CT molecular complexity index is 662. The lowest BCUT2D eigenvalue weighted by Gasteiger charge is -2.15. The number of hydrogen-bond donors (Lipinski definition) is 2. The third-order valence-electron chi connectivity index (χ3n) is 3.95. The van der Waals surface area contributed by atoms with E-state index in [4.69, 9.17) is 4.74 Å². The summed E-state index contributed by atoms with van der Waals surface area (Å²) in [6.45, 7) is 3.36. The molecule has 0 saturated carbocycles. The molecule has 120 valence electrons. The molecule has 5 nitrogen and oxygen atoms in total. The van der Waals surface area contributed by atoms with Gasteiger partial charge in [0.15, 0.2) is 0 Å². The molecule has 5 heteroatoms. The quantitative estimate of drug-likeness (QED) is 0.893. The van der Waals surface area contributed by atoms with E-state index in [1.165, 1.54) is 11.1 Å². The standard InChI is InChI=1S/C18H21N3O2/c1-23-17-8-4-7-16(11-17)20-18(22)19-9-10-21-12-14-5-2-3-6-15(14)13-21/h2-8,11H,9-10,12-13H2,1H3,(H2,19,20,22). The molecule has 3 rings (SSSR count). The lowest BCUT2D eigenvalue weighted by molar-refractivity contribution is 0.246. The maximum absolute atomic E-state index is 11.9. The molecule has 0 aromatic heterocycles. The van der Waals surface area contributed by atoms with E-state index in [0.29, 0.717) is 6.54 Å². The molecule has 1 heterocycles. The highest BCUT2D eigenvalue weighted by Gasteiger charge is 2.17. The Morgan fingerprint density at radius 1 is 1.13 bits per heavy atom. The van der Waals surface area contributed by atoms with Crippen LogP contribution < -0.4 is 15.4 Å². The molecule has 0 fully saturated rings. The van der Waals surface area contributed by atoms with Gasteiger partial charge in [-0.2, -0.15) is 0 Å². The molecule has 2 aromatic rings. The number of benzene rings is 2. The van der Waals surface area contributed by atoms with Crippen LogP contribution in [0, 0.1) is 0 Å². The Balaban J connectivity index is 1.42. The number of carbonyl (C=O) groups excluding carboxylic acids is 1. The van der Waals surface area contributed by atoms with E-state index in [1.807, 2.05) is 18.2 Å². The molecule has 0 spiro atoms. The molecular formula is C18H21N3O2. The van der Waals surface area contributed by atoms with Gasteiger partial charge >= 0.3 is 6.03 Å². The summed E-state index contributed by atoms with van der Waals surface area (Å²) in [5.41, 5.74) is 3.48. The number of methoxy groups -OCH3 is 1. The molecule has 1 aliphatic heterocycles. The summed E-state index contributed by atoms with van der Waals surface area (Å²) in [6, 6.07) is 15.6. The van der Waals surface area contributed by atoms with Gasteiger partial charge in [-0.05, 0) is 23.3 Å². The van der Waals surface area contributed by atoms with E-state index in [2.05, 4.69) is 39.8 Å². The van der Waals surface area contributed by atoms with Crippen LogP contribution in [0.1, 0.15) is 11.1 Å². The van der Waals surface area contributed by atoms with Crippen LogP contribution in [-0.4, -0.2) is 31.1 Å². The summed E-state index contributed by atoms with van der Waals surface area (Å²) in [5, 5.41) is 5.70. The lowest BCUT2D eigenvalue weighted by Crippen LogP contribution is -2.35. The lowest BCUT2D eigenvalue weighted by atomic mass is 10.1. The zero-order valence-electron chi connectivity index (χ0n) is 13.2. The van der Waals surface area contributed by atoms with Crippen molar-refractivity contribution in [2.75, 3.05) is 25.5 Å². The fraction of sp³-hybridized carbons (Fsp3) is 0.278. The molecule has 2 N–H and O–H groups in total. The van der Waals surface area contributed by atoms with Gasteiger partial charge in [0, 0.05) is 37.9 Å². The fourth-order valence-corrected chi connectivity index (χ4v) is 2.77. The first-order valence-electron chi connectivity index (χ1n) is 7.72. The Morgan fingerprint density at radius 2 is 1.87 bits per heavy atom. The van der Waals surface area contributed by atoms with Gasteiger partial charge < -0.3 is 15.4 Å². The number of rotatable bonds is 5. The zero-order chi connectivity index (χ0) is 16.1. The van der Waals surface area contributed by atoms with Crippen LogP contribution in [0.5, 0.6) is 5.75 Å². The van der Waals surface area contributed by atoms with Crippen LogP contribution in [0.4, 0.5) is 10.5 Å². The third-order valence-corrected chi connectivity index (χ3v) is 3.95. The number of anilines is 1. The van der Waals surface area contributed by atoms with Crippen LogP contribution in [0.2, 0.25) is 0 Å². The predicted octanol–water partition coefficient (Wildman–Crippen LogP) is 2.83. The van der Waals surface area contributed by atoms with Crippen molar-refractivity contribution < 1.29 is 9.53 Å². The number of nitrogens with zero attached hydrogens (tertiary/aromatic N) is 1. The summed E-state index contributed by atoms with van der Waals surface area (Å²) in [5.74, 6) is 0.720. The highest BCUT2D eigenvalue weighted by Crippen LogP contribution is 2.21. The van der Waals surface area contributed by atoms with Gasteiger partial charge in [0.2, 0.25) is 0 Å². The minimum atomic E-state index is -0.199. The average Bonchev–Trinajstić information content (AvgIpc) is 2.97. The summed E-state index contributed by atoms with van der Waals surface area (Å²) in [4.78, 5) is 14.3. The average molecular weight is 311 g/mol. The maximum atomic E-state index is 11.9. The minimum Gasteiger partial charge on any atom is -0.497 e. The fourth-order valence-electron chi connectivity index (χ4n) is 2.77. The van der Waals surface area contributed by atoms with Crippen molar-refractivity contribution in [2.45, 2.75) is 13.1 Å². The van der Waals surface area contributed by atoms with Crippen molar-refractivity contribution >= 4 is 11.7 Å². The molecule has 23 heavy (non-hydrogen) atoms. The smallest absolute Gasteiger partial charge is 0.319 e. The normalized spacial score (nSPS) is 13.4. The van der Waals surface area contributed by atoms with Gasteiger partial charge in [-0.3, -0.25) is 4.90 Å². The van der Waals surface area contributed by atoms with Gasteiger partial charge in [-0.15, -0.1) is 0 Å². The van der Waals surface area contributed by atoms with E-state index >= 15 is 0 Å². The first-order valence-corrected chi connectivity index (χ1v) is 7.72. The second-order valence-electron chi connectivity index (χ2n) is 5.59. The van der Waals surface area contributed by atoms with E-state index in [0.717, 1.165) is 31.1 Å². The largest absolute Gasteiger partial charge is 0.497 e. The van der Waals surface area contributed by atoms with Crippen LogP contribution in [0.3, 0.4) is 0 Å². The van der Waals surface area contributed by atoms with Crippen molar-refractivity contribution in [1.82, 2.24) is 10.2 Å². The van der Waals surface area contributed by atoms with E-state index < -0.39 is 0 Å². The van der Waals surface area contributed by atoms with E-state index in [9.17, 15) is 4.79 Å². The van der Waals surface area contributed by atoms with Crippen molar-refractivity contribution in [2.24, 2.45) is 0 Å². The molecular weight excluding hydrogens is 290 g/mol. The minimum absolute atomic E-state index is 0.199. The SMILES string of the molecule is COc1cccc(NC(=O)NCCN2Cc3ccccc3C2)c1. The summed E-state index contributed by atoms with van der Waals surface area (Å²) in [7, 11) is 1.60. The molecule has 0 bridgehead atoms. The Morgan fingerprint density at radius 3 is 2.57 bits per heavy atom. The number of hydrogen-bond acceptors (Lipinski definition) is 3. The van der Waals surface area contributed by atoms with Gasteiger partial charge in [0.25, 0.3) is 0 Å². The van der Waals surface area contributed by atoms with Crippen LogP contribution in [-0.2, 0) is 13.1 Å². The second kappa shape index (κ2) is 7.15. The Hall–Kier alpha value is -2.53. The molecule has 0 unspecified atom stereocenters. The van der Waals surface area contributed by atoms with Crippen LogP contribution >= 0.6 is 0 Å². The molecule has 0 radical (unpaired) electrons. The summed E-state index contributed by atoms with van der Waals surface area (Å²) < 4.78 is 5.14. The third kappa shape index (κ3) is 4.02. The van der Waals surface area contributed by atoms with E-state index in [-0.39, 0.29) is 6.03 Å². The van der Waals surface area contributed by atoms with Crippen LogP contribution in [0.25, 0.3) is 0 Å². The number of urea groups is 1. The van der Waals surface area contributed by atoms with Gasteiger partial charge in [-0.1, -0.05) is 30.3 Å². The topological polar surface area (TPSA) is 53.6 Å². The number of carbonyl (C=O) groups is 1. The second-order valence-corrected chi connectivity index (χ2v) is 5.59. The predicted molar refractivity (Wildman–Crippen MR) is 90.6 cm³/mol. The zero-order valence-corrected chi connectivity index (χ0v) is 13.2. The van der Waals surface area contributed by atoms with E-state index in [1.54, 1.807) is 13.2 Å². The summed E-state index contributed by atoms with van der Waals surface area (Å²) in [6.07, 6.45) is 0. The highest BCUT2D eigenvalue weighted by atomic mass is 16.5. The first kappa shape index (κ1) is 15.4. The molecule has 0 aliphatic carbocycles. The molecule has 1 aliphatic rings.